The molecular weight excluding hydrogens is 370 g/mol. The highest BCUT2D eigenvalue weighted by Gasteiger charge is 2.32. The normalized spacial score (nSPS) is 22.4. The van der Waals surface area contributed by atoms with Crippen LogP contribution in [0.3, 0.4) is 0 Å². The Hall–Kier alpha value is -1.62. The number of carbonyl (C=O) groups excluding carboxylic acids is 2. The largest absolute Gasteiger partial charge is 0.449 e. The second kappa shape index (κ2) is 8.47. The lowest BCUT2D eigenvalue weighted by molar-refractivity contribution is -0.158. The summed E-state index contributed by atoms with van der Waals surface area (Å²) >= 11 is 3.36. The van der Waals surface area contributed by atoms with E-state index in [9.17, 15) is 9.59 Å². The molecule has 0 aliphatic carbocycles. The molecule has 0 spiro atoms. The van der Waals surface area contributed by atoms with Crippen molar-refractivity contribution in [2.75, 3.05) is 0 Å². The summed E-state index contributed by atoms with van der Waals surface area (Å²) in [5.74, 6) is -0.615. The van der Waals surface area contributed by atoms with Gasteiger partial charge in [0.15, 0.2) is 6.10 Å². The second-order valence-electron chi connectivity index (χ2n) is 6.34. The molecule has 0 saturated carbocycles. The molecule has 3 atom stereocenters. The van der Waals surface area contributed by atoms with Crippen molar-refractivity contribution < 1.29 is 14.3 Å². The third kappa shape index (κ3) is 4.94. The Bertz CT molecular complexity index is 602. The van der Waals surface area contributed by atoms with Crippen molar-refractivity contribution in [3.05, 3.63) is 40.4 Å². The number of ether oxygens (including phenoxy) is 1. The molecule has 0 aromatic heterocycles. The molecule has 1 heterocycles. The molecule has 1 aliphatic heterocycles. The van der Waals surface area contributed by atoms with Gasteiger partial charge in [-0.2, -0.15) is 0 Å². The standard InChI is InChI=1S/C19H24BrNO3/c1-13-5-4-6-14(2)21(13)19(23)15(3)24-18(22)12-9-16-7-10-17(20)11-8-16/h7-15H,4-6H2,1-3H3/b12-9+/t13-,14-,15-/m1/s1. The van der Waals surface area contributed by atoms with Crippen LogP contribution in [0.5, 0.6) is 0 Å². The van der Waals surface area contributed by atoms with Crippen LogP contribution in [-0.2, 0) is 14.3 Å². The van der Waals surface area contributed by atoms with Crippen LogP contribution in [-0.4, -0.2) is 35.0 Å². The monoisotopic (exact) mass is 393 g/mol. The molecule has 1 aromatic rings. The van der Waals surface area contributed by atoms with Gasteiger partial charge in [-0.05, 0) is 63.8 Å². The smallest absolute Gasteiger partial charge is 0.331 e. The highest BCUT2D eigenvalue weighted by atomic mass is 79.9. The average Bonchev–Trinajstić information content (AvgIpc) is 2.54. The van der Waals surface area contributed by atoms with Crippen molar-refractivity contribution in [2.45, 2.75) is 58.2 Å². The fourth-order valence-electron chi connectivity index (χ4n) is 3.07. The topological polar surface area (TPSA) is 46.6 Å². The van der Waals surface area contributed by atoms with Gasteiger partial charge < -0.3 is 9.64 Å². The van der Waals surface area contributed by atoms with E-state index in [1.807, 2.05) is 29.2 Å². The summed E-state index contributed by atoms with van der Waals surface area (Å²) in [5.41, 5.74) is 0.896. The Labute approximate surface area is 152 Å². The van der Waals surface area contributed by atoms with E-state index in [4.69, 9.17) is 4.74 Å². The molecule has 1 amide bonds. The molecule has 1 fully saturated rings. The maximum atomic E-state index is 12.6. The second-order valence-corrected chi connectivity index (χ2v) is 7.25. The van der Waals surface area contributed by atoms with Gasteiger partial charge in [0.1, 0.15) is 0 Å². The summed E-state index contributed by atoms with van der Waals surface area (Å²) in [6.07, 6.45) is 5.40. The highest BCUT2D eigenvalue weighted by molar-refractivity contribution is 9.10. The van der Waals surface area contributed by atoms with E-state index in [1.165, 1.54) is 6.08 Å². The molecule has 5 heteroatoms. The van der Waals surface area contributed by atoms with Gasteiger partial charge >= 0.3 is 5.97 Å². The van der Waals surface area contributed by atoms with E-state index in [2.05, 4.69) is 29.8 Å². The number of nitrogens with zero attached hydrogens (tertiary/aromatic N) is 1. The Morgan fingerprint density at radius 1 is 1.21 bits per heavy atom. The molecule has 0 unspecified atom stereocenters. The number of esters is 1. The number of amides is 1. The quantitative estimate of drug-likeness (QED) is 0.569. The summed E-state index contributed by atoms with van der Waals surface area (Å²) in [4.78, 5) is 26.4. The van der Waals surface area contributed by atoms with Crippen molar-refractivity contribution in [2.24, 2.45) is 0 Å². The van der Waals surface area contributed by atoms with Crippen molar-refractivity contribution >= 4 is 33.9 Å². The molecule has 1 saturated heterocycles. The lowest BCUT2D eigenvalue weighted by Gasteiger charge is -2.40. The number of benzene rings is 1. The summed E-state index contributed by atoms with van der Waals surface area (Å²) in [7, 11) is 0. The van der Waals surface area contributed by atoms with E-state index in [0.29, 0.717) is 0 Å². The first-order chi connectivity index (χ1) is 11.4. The Morgan fingerprint density at radius 3 is 2.38 bits per heavy atom. The number of carbonyl (C=O) groups is 2. The summed E-state index contributed by atoms with van der Waals surface area (Å²) in [5, 5.41) is 0. The maximum Gasteiger partial charge on any atom is 0.331 e. The van der Waals surface area contributed by atoms with Gasteiger partial charge in [-0.15, -0.1) is 0 Å². The fourth-order valence-corrected chi connectivity index (χ4v) is 3.33. The van der Waals surface area contributed by atoms with Crippen LogP contribution in [0.1, 0.15) is 45.6 Å². The van der Waals surface area contributed by atoms with Gasteiger partial charge in [-0.3, -0.25) is 4.79 Å². The van der Waals surface area contributed by atoms with Gasteiger partial charge in [0, 0.05) is 22.6 Å². The number of piperidine rings is 1. The zero-order chi connectivity index (χ0) is 17.7. The molecule has 0 bridgehead atoms. The number of hydrogen-bond donors (Lipinski definition) is 0. The lowest BCUT2D eigenvalue weighted by atomic mass is 9.97. The molecule has 24 heavy (non-hydrogen) atoms. The number of halogens is 1. The van der Waals surface area contributed by atoms with Crippen LogP contribution < -0.4 is 0 Å². The van der Waals surface area contributed by atoms with Gasteiger partial charge in [-0.1, -0.05) is 28.1 Å². The summed E-state index contributed by atoms with van der Waals surface area (Å²) in [6, 6.07) is 7.97. The van der Waals surface area contributed by atoms with Crippen LogP contribution in [0.25, 0.3) is 6.08 Å². The van der Waals surface area contributed by atoms with Gasteiger partial charge in [0.05, 0.1) is 0 Å². The summed E-state index contributed by atoms with van der Waals surface area (Å²) < 4.78 is 6.26. The molecule has 1 aliphatic rings. The molecule has 130 valence electrons. The fraction of sp³-hybridized carbons (Fsp3) is 0.474. The first kappa shape index (κ1) is 18.7. The average molecular weight is 394 g/mol. The van der Waals surface area contributed by atoms with E-state index < -0.39 is 12.1 Å². The number of likely N-dealkylation sites (tertiary alicyclic amines) is 1. The minimum atomic E-state index is -0.768. The predicted molar refractivity (Wildman–Crippen MR) is 98.4 cm³/mol. The van der Waals surface area contributed by atoms with Crippen molar-refractivity contribution in [1.29, 1.82) is 0 Å². The molecule has 1 aromatic carbocycles. The Morgan fingerprint density at radius 2 is 1.79 bits per heavy atom. The SMILES string of the molecule is C[C@@H]1CCC[C@@H](C)N1C(=O)[C@@H](C)OC(=O)/C=C/c1ccc(Br)cc1. The van der Waals surface area contributed by atoms with Crippen molar-refractivity contribution in [3.63, 3.8) is 0 Å². The van der Waals surface area contributed by atoms with Crippen molar-refractivity contribution in [1.82, 2.24) is 4.90 Å². The first-order valence-corrected chi connectivity index (χ1v) is 9.14. The van der Waals surface area contributed by atoms with Gasteiger partial charge in [0.25, 0.3) is 5.91 Å². The van der Waals surface area contributed by atoms with Crippen LogP contribution in [0, 0.1) is 0 Å². The molecule has 4 nitrogen and oxygen atoms in total. The first-order valence-electron chi connectivity index (χ1n) is 8.35. The molecule has 0 N–H and O–H groups in total. The lowest BCUT2D eigenvalue weighted by Crippen LogP contribution is -2.51. The van der Waals surface area contributed by atoms with E-state index in [0.717, 1.165) is 29.3 Å². The maximum absolute atomic E-state index is 12.6. The zero-order valence-corrected chi connectivity index (χ0v) is 16.0. The molecule has 0 radical (unpaired) electrons. The number of hydrogen-bond acceptors (Lipinski definition) is 3. The van der Waals surface area contributed by atoms with Crippen LogP contribution in [0.15, 0.2) is 34.8 Å². The number of rotatable bonds is 4. The van der Waals surface area contributed by atoms with Gasteiger partial charge in [0.2, 0.25) is 0 Å². The minimum absolute atomic E-state index is 0.111. The van der Waals surface area contributed by atoms with E-state index >= 15 is 0 Å². The predicted octanol–water partition coefficient (Wildman–Crippen LogP) is 4.18. The molecular formula is C19H24BrNO3. The summed E-state index contributed by atoms with van der Waals surface area (Å²) in [6.45, 7) is 5.74. The highest BCUT2D eigenvalue weighted by Crippen LogP contribution is 2.23. The minimum Gasteiger partial charge on any atom is -0.449 e. The Balaban J connectivity index is 1.92. The third-order valence-electron chi connectivity index (χ3n) is 4.37. The van der Waals surface area contributed by atoms with E-state index in [-0.39, 0.29) is 18.0 Å². The van der Waals surface area contributed by atoms with E-state index in [1.54, 1.807) is 13.0 Å². The molecule has 2 rings (SSSR count). The van der Waals surface area contributed by atoms with Crippen LogP contribution in [0.2, 0.25) is 0 Å². The van der Waals surface area contributed by atoms with Crippen molar-refractivity contribution in [3.8, 4) is 0 Å². The zero-order valence-electron chi connectivity index (χ0n) is 14.4. The van der Waals surface area contributed by atoms with Crippen LogP contribution in [0.4, 0.5) is 0 Å². The Kier molecular flexibility index (Phi) is 6.60. The van der Waals surface area contributed by atoms with Gasteiger partial charge in [-0.25, -0.2) is 4.79 Å². The third-order valence-corrected chi connectivity index (χ3v) is 4.90. The van der Waals surface area contributed by atoms with Crippen LogP contribution >= 0.6 is 15.9 Å².